The molecule has 0 bridgehead atoms. The highest BCUT2D eigenvalue weighted by Crippen LogP contribution is 2.07. The summed E-state index contributed by atoms with van der Waals surface area (Å²) in [5.41, 5.74) is 6.07. The Morgan fingerprint density at radius 3 is 3.06 bits per heavy atom. The lowest BCUT2D eigenvalue weighted by molar-refractivity contribution is -0.126. The van der Waals surface area contributed by atoms with Crippen LogP contribution < -0.4 is 11.1 Å². The molecule has 1 aromatic rings. The van der Waals surface area contributed by atoms with Crippen LogP contribution in [-0.2, 0) is 9.53 Å². The first-order valence-corrected chi connectivity index (χ1v) is 5.22. The first-order chi connectivity index (χ1) is 7.74. The Labute approximate surface area is 95.0 Å². The van der Waals surface area contributed by atoms with Gasteiger partial charge in [-0.2, -0.15) is 0 Å². The number of carbonyl (C=O) groups excluding carboxylic acids is 1. The molecule has 88 valence electrons. The molecule has 0 aromatic carbocycles. The van der Waals surface area contributed by atoms with E-state index < -0.39 is 0 Å². The van der Waals surface area contributed by atoms with Gasteiger partial charge in [-0.25, -0.2) is 0 Å². The van der Waals surface area contributed by atoms with E-state index in [4.69, 9.17) is 10.5 Å². The van der Waals surface area contributed by atoms with Gasteiger partial charge in [-0.3, -0.25) is 9.78 Å². The predicted octanol–water partition coefficient (Wildman–Crippen LogP) is 0.234. The van der Waals surface area contributed by atoms with Crippen molar-refractivity contribution in [2.75, 3.05) is 19.8 Å². The largest absolute Gasteiger partial charge is 0.370 e. The van der Waals surface area contributed by atoms with E-state index >= 15 is 0 Å². The van der Waals surface area contributed by atoms with Gasteiger partial charge in [0.05, 0.1) is 18.3 Å². The summed E-state index contributed by atoms with van der Waals surface area (Å²) in [6, 6.07) is 5.47. The molecular weight excluding hydrogens is 206 g/mol. The van der Waals surface area contributed by atoms with Crippen molar-refractivity contribution in [2.24, 2.45) is 5.73 Å². The van der Waals surface area contributed by atoms with Crippen LogP contribution in [0.25, 0.3) is 0 Å². The van der Waals surface area contributed by atoms with Gasteiger partial charge in [0.2, 0.25) is 5.91 Å². The van der Waals surface area contributed by atoms with Crippen molar-refractivity contribution in [3.63, 3.8) is 0 Å². The normalized spacial score (nSPS) is 12.1. The molecule has 0 saturated heterocycles. The number of nitrogens with two attached hydrogens (primary N) is 1. The average Bonchev–Trinajstić information content (AvgIpc) is 2.30. The van der Waals surface area contributed by atoms with Crippen LogP contribution >= 0.6 is 0 Å². The molecule has 0 unspecified atom stereocenters. The number of ether oxygens (including phenoxy) is 1. The molecule has 0 saturated carbocycles. The van der Waals surface area contributed by atoms with E-state index in [-0.39, 0.29) is 18.6 Å². The lowest BCUT2D eigenvalue weighted by Gasteiger charge is -2.13. The number of aromatic nitrogens is 1. The summed E-state index contributed by atoms with van der Waals surface area (Å²) in [4.78, 5) is 15.5. The predicted molar refractivity (Wildman–Crippen MR) is 60.7 cm³/mol. The van der Waals surface area contributed by atoms with Gasteiger partial charge in [0.15, 0.2) is 0 Å². The second kappa shape index (κ2) is 6.92. The highest BCUT2D eigenvalue weighted by molar-refractivity contribution is 5.77. The Bertz CT molecular complexity index is 316. The minimum Gasteiger partial charge on any atom is -0.370 e. The fourth-order valence-corrected chi connectivity index (χ4v) is 1.24. The molecule has 0 radical (unpaired) electrons. The Balaban J connectivity index is 2.34. The molecule has 16 heavy (non-hydrogen) atoms. The average molecular weight is 223 g/mol. The van der Waals surface area contributed by atoms with Crippen LogP contribution in [0.5, 0.6) is 0 Å². The van der Waals surface area contributed by atoms with Crippen LogP contribution in [0.1, 0.15) is 18.7 Å². The van der Waals surface area contributed by atoms with Crippen molar-refractivity contribution >= 4 is 5.91 Å². The third-order valence-corrected chi connectivity index (χ3v) is 2.00. The van der Waals surface area contributed by atoms with Gasteiger partial charge in [-0.1, -0.05) is 6.07 Å². The fourth-order valence-electron chi connectivity index (χ4n) is 1.24. The van der Waals surface area contributed by atoms with Crippen LogP contribution in [0, 0.1) is 0 Å². The van der Waals surface area contributed by atoms with E-state index in [1.807, 2.05) is 25.1 Å². The number of hydrogen-bond donors (Lipinski definition) is 2. The second-order valence-corrected chi connectivity index (χ2v) is 3.39. The van der Waals surface area contributed by atoms with Crippen molar-refractivity contribution < 1.29 is 9.53 Å². The van der Waals surface area contributed by atoms with Gasteiger partial charge in [0, 0.05) is 12.7 Å². The SMILES string of the molecule is C[C@@H](NC(=O)COCCN)c1ccccn1. The van der Waals surface area contributed by atoms with Gasteiger partial charge in [0.25, 0.3) is 0 Å². The van der Waals surface area contributed by atoms with Crippen LogP contribution in [0.15, 0.2) is 24.4 Å². The molecule has 0 spiro atoms. The van der Waals surface area contributed by atoms with Crippen LogP contribution in [-0.4, -0.2) is 30.6 Å². The smallest absolute Gasteiger partial charge is 0.246 e. The maximum atomic E-state index is 11.4. The molecule has 0 aliphatic heterocycles. The van der Waals surface area contributed by atoms with Crippen molar-refractivity contribution in [3.8, 4) is 0 Å². The first-order valence-electron chi connectivity index (χ1n) is 5.22. The van der Waals surface area contributed by atoms with Crippen molar-refractivity contribution in [1.29, 1.82) is 0 Å². The second-order valence-electron chi connectivity index (χ2n) is 3.39. The number of hydrogen-bond acceptors (Lipinski definition) is 4. The van der Waals surface area contributed by atoms with E-state index in [1.54, 1.807) is 6.20 Å². The molecule has 1 amide bonds. The zero-order chi connectivity index (χ0) is 11.8. The lowest BCUT2D eigenvalue weighted by atomic mass is 10.2. The number of pyridine rings is 1. The maximum absolute atomic E-state index is 11.4. The molecule has 1 heterocycles. The highest BCUT2D eigenvalue weighted by Gasteiger charge is 2.09. The molecule has 1 aromatic heterocycles. The summed E-state index contributed by atoms with van der Waals surface area (Å²) in [6.45, 7) is 2.73. The Kier molecular flexibility index (Phi) is 5.45. The lowest BCUT2D eigenvalue weighted by Crippen LogP contribution is -2.31. The molecule has 0 aliphatic rings. The summed E-state index contributed by atoms with van der Waals surface area (Å²) in [5.74, 6) is -0.161. The maximum Gasteiger partial charge on any atom is 0.246 e. The molecule has 1 atom stereocenters. The van der Waals surface area contributed by atoms with E-state index in [2.05, 4.69) is 10.3 Å². The van der Waals surface area contributed by atoms with Gasteiger partial charge >= 0.3 is 0 Å². The van der Waals surface area contributed by atoms with Crippen LogP contribution in [0.2, 0.25) is 0 Å². The van der Waals surface area contributed by atoms with Crippen molar-refractivity contribution in [1.82, 2.24) is 10.3 Å². The number of nitrogens with one attached hydrogen (secondary N) is 1. The molecular formula is C11H17N3O2. The van der Waals surface area contributed by atoms with E-state index in [0.717, 1.165) is 5.69 Å². The van der Waals surface area contributed by atoms with Gasteiger partial charge in [-0.15, -0.1) is 0 Å². The molecule has 0 aliphatic carbocycles. The van der Waals surface area contributed by atoms with Crippen LogP contribution in [0.3, 0.4) is 0 Å². The minimum absolute atomic E-state index is 0.0361. The third kappa shape index (κ3) is 4.37. The standard InChI is InChI=1S/C11H17N3O2/c1-9(10-4-2-3-6-13-10)14-11(15)8-16-7-5-12/h2-4,6,9H,5,7-8,12H2,1H3,(H,14,15)/t9-/m1/s1. The Hall–Kier alpha value is -1.46. The summed E-state index contributed by atoms with van der Waals surface area (Å²) in [5, 5.41) is 2.79. The third-order valence-electron chi connectivity index (χ3n) is 2.00. The Morgan fingerprint density at radius 1 is 1.62 bits per heavy atom. The van der Waals surface area contributed by atoms with E-state index in [1.165, 1.54) is 0 Å². The summed E-state index contributed by atoms with van der Waals surface area (Å²) >= 11 is 0. The first kappa shape index (κ1) is 12.6. The summed E-state index contributed by atoms with van der Waals surface area (Å²) in [7, 11) is 0. The molecule has 3 N–H and O–H groups in total. The number of carbonyl (C=O) groups is 1. The van der Waals surface area contributed by atoms with Crippen molar-refractivity contribution in [3.05, 3.63) is 30.1 Å². The molecule has 0 fully saturated rings. The quantitative estimate of drug-likeness (QED) is 0.677. The van der Waals surface area contributed by atoms with Gasteiger partial charge < -0.3 is 15.8 Å². The molecule has 5 heteroatoms. The topological polar surface area (TPSA) is 77.2 Å². The number of rotatable bonds is 6. The van der Waals surface area contributed by atoms with E-state index in [0.29, 0.717) is 13.2 Å². The summed E-state index contributed by atoms with van der Waals surface area (Å²) < 4.78 is 5.02. The summed E-state index contributed by atoms with van der Waals surface area (Å²) in [6.07, 6.45) is 1.70. The number of amides is 1. The highest BCUT2D eigenvalue weighted by atomic mass is 16.5. The number of nitrogens with zero attached hydrogens (tertiary/aromatic N) is 1. The van der Waals surface area contributed by atoms with Crippen LogP contribution in [0.4, 0.5) is 0 Å². The zero-order valence-electron chi connectivity index (χ0n) is 9.35. The van der Waals surface area contributed by atoms with Crippen molar-refractivity contribution in [2.45, 2.75) is 13.0 Å². The minimum atomic E-state index is -0.161. The van der Waals surface area contributed by atoms with E-state index in [9.17, 15) is 4.79 Å². The van der Waals surface area contributed by atoms with Gasteiger partial charge in [-0.05, 0) is 19.1 Å². The zero-order valence-corrected chi connectivity index (χ0v) is 9.35. The molecule has 5 nitrogen and oxygen atoms in total. The Morgan fingerprint density at radius 2 is 2.44 bits per heavy atom. The molecule has 1 rings (SSSR count). The van der Waals surface area contributed by atoms with Gasteiger partial charge in [0.1, 0.15) is 6.61 Å². The monoisotopic (exact) mass is 223 g/mol. The fraction of sp³-hybridized carbons (Fsp3) is 0.455.